The highest BCUT2D eigenvalue weighted by atomic mass is 16.5. The van der Waals surface area contributed by atoms with Crippen LogP contribution in [0.4, 0.5) is 5.82 Å². The van der Waals surface area contributed by atoms with Crippen molar-refractivity contribution in [3.05, 3.63) is 42.2 Å². The summed E-state index contributed by atoms with van der Waals surface area (Å²) in [4.78, 5) is 16.0. The average molecular weight is 376 g/mol. The van der Waals surface area contributed by atoms with Crippen molar-refractivity contribution in [2.24, 2.45) is 4.99 Å². The summed E-state index contributed by atoms with van der Waals surface area (Å²) in [6, 6.07) is 6.36. The third-order valence-electron chi connectivity index (χ3n) is 5.03. The first-order valence-corrected chi connectivity index (χ1v) is 9.42. The fraction of sp³-hybridized carbons (Fsp3) is 0.333. The van der Waals surface area contributed by atoms with E-state index >= 15 is 0 Å². The SMILES string of the molecule is CN=C/C=C(\C)c1cc(N2CCOCC2C)nc2c(-c3ccn[nH]3)nccc12. The van der Waals surface area contributed by atoms with Crippen LogP contribution in [0.25, 0.3) is 27.9 Å². The highest BCUT2D eigenvalue weighted by Gasteiger charge is 2.22. The van der Waals surface area contributed by atoms with Gasteiger partial charge in [-0.05, 0) is 49.3 Å². The molecule has 1 aliphatic rings. The van der Waals surface area contributed by atoms with Crippen molar-refractivity contribution in [3.63, 3.8) is 0 Å². The molecule has 4 rings (SSSR count). The Labute approximate surface area is 164 Å². The van der Waals surface area contributed by atoms with Crippen LogP contribution in [0.1, 0.15) is 19.4 Å². The van der Waals surface area contributed by atoms with Gasteiger partial charge in [-0.1, -0.05) is 0 Å². The highest BCUT2D eigenvalue weighted by Crippen LogP contribution is 2.33. The minimum absolute atomic E-state index is 0.264. The summed E-state index contributed by atoms with van der Waals surface area (Å²) in [7, 11) is 1.77. The van der Waals surface area contributed by atoms with Crippen LogP contribution < -0.4 is 4.90 Å². The van der Waals surface area contributed by atoms with Gasteiger partial charge in [-0.3, -0.25) is 15.1 Å². The number of aromatic amines is 1. The van der Waals surface area contributed by atoms with Crippen LogP contribution in [0.2, 0.25) is 0 Å². The minimum atomic E-state index is 0.264. The van der Waals surface area contributed by atoms with E-state index in [1.807, 2.05) is 30.6 Å². The average Bonchev–Trinajstić information content (AvgIpc) is 3.25. The van der Waals surface area contributed by atoms with Crippen LogP contribution in [0.15, 0.2) is 41.7 Å². The first-order chi connectivity index (χ1) is 13.7. The van der Waals surface area contributed by atoms with Crippen molar-refractivity contribution < 1.29 is 4.74 Å². The number of aliphatic imine (C=N–C) groups is 1. The van der Waals surface area contributed by atoms with Crippen LogP contribution in [-0.4, -0.2) is 59.2 Å². The molecule has 7 heteroatoms. The van der Waals surface area contributed by atoms with Crippen molar-refractivity contribution in [2.45, 2.75) is 19.9 Å². The van der Waals surface area contributed by atoms with E-state index in [1.165, 1.54) is 0 Å². The molecule has 1 N–H and O–H groups in total. The van der Waals surface area contributed by atoms with Gasteiger partial charge >= 0.3 is 0 Å². The van der Waals surface area contributed by atoms with E-state index in [4.69, 9.17) is 9.72 Å². The highest BCUT2D eigenvalue weighted by molar-refractivity contribution is 6.00. The second-order valence-corrected chi connectivity index (χ2v) is 6.93. The van der Waals surface area contributed by atoms with Gasteiger partial charge in [-0.2, -0.15) is 5.10 Å². The Kier molecular flexibility index (Phi) is 5.16. The lowest BCUT2D eigenvalue weighted by Gasteiger charge is -2.34. The smallest absolute Gasteiger partial charge is 0.130 e. The summed E-state index contributed by atoms with van der Waals surface area (Å²) < 4.78 is 5.61. The number of ether oxygens (including phenoxy) is 1. The maximum Gasteiger partial charge on any atom is 0.130 e. The molecular formula is C21H24N6O. The van der Waals surface area contributed by atoms with Gasteiger partial charge in [0, 0.05) is 37.6 Å². The number of morpholine rings is 1. The molecule has 1 atom stereocenters. The van der Waals surface area contributed by atoms with Crippen molar-refractivity contribution in [1.82, 2.24) is 20.2 Å². The molecule has 0 radical (unpaired) electrons. The van der Waals surface area contributed by atoms with Crippen molar-refractivity contribution in [3.8, 4) is 11.4 Å². The zero-order valence-corrected chi connectivity index (χ0v) is 16.4. The molecular weight excluding hydrogens is 352 g/mol. The van der Waals surface area contributed by atoms with Gasteiger partial charge in [0.25, 0.3) is 0 Å². The number of pyridine rings is 2. The summed E-state index contributed by atoms with van der Waals surface area (Å²) in [6.45, 7) is 6.48. The molecule has 0 amide bonds. The molecule has 28 heavy (non-hydrogen) atoms. The molecule has 0 aromatic carbocycles. The predicted octanol–water partition coefficient (Wildman–Crippen LogP) is 3.35. The van der Waals surface area contributed by atoms with Gasteiger partial charge < -0.3 is 9.64 Å². The molecule has 1 unspecified atom stereocenters. The molecule has 0 saturated carbocycles. The topological polar surface area (TPSA) is 79.3 Å². The van der Waals surface area contributed by atoms with Crippen LogP contribution in [0.3, 0.4) is 0 Å². The first kappa shape index (κ1) is 18.3. The van der Waals surface area contributed by atoms with Crippen LogP contribution in [-0.2, 0) is 4.74 Å². The van der Waals surface area contributed by atoms with Gasteiger partial charge in [0.05, 0.1) is 24.9 Å². The van der Waals surface area contributed by atoms with E-state index in [1.54, 1.807) is 13.2 Å². The molecule has 144 valence electrons. The number of aromatic nitrogens is 4. The van der Waals surface area contributed by atoms with Gasteiger partial charge in [0.2, 0.25) is 0 Å². The van der Waals surface area contributed by atoms with E-state index < -0.39 is 0 Å². The fourth-order valence-electron chi connectivity index (χ4n) is 3.54. The molecule has 1 fully saturated rings. The minimum Gasteiger partial charge on any atom is -0.377 e. The van der Waals surface area contributed by atoms with E-state index in [0.29, 0.717) is 13.2 Å². The standard InChI is InChI=1S/C21H24N6O/c1-14(4-7-22-3)17-12-19(27-10-11-28-13-15(27)2)25-20-16(17)5-8-23-21(20)18-6-9-24-26-18/h4-9,12,15H,10-11,13H2,1-3H3,(H,24,26)/b14-4+,22-7?. The number of nitrogens with one attached hydrogen (secondary N) is 1. The van der Waals surface area contributed by atoms with E-state index in [-0.39, 0.29) is 6.04 Å². The Morgan fingerprint density at radius 2 is 2.25 bits per heavy atom. The zero-order chi connectivity index (χ0) is 19.5. The Hall–Kier alpha value is -3.06. The van der Waals surface area contributed by atoms with Gasteiger partial charge in [0.15, 0.2) is 0 Å². The van der Waals surface area contributed by atoms with Crippen molar-refractivity contribution in [2.75, 3.05) is 31.7 Å². The second kappa shape index (κ2) is 7.90. The first-order valence-electron chi connectivity index (χ1n) is 9.42. The van der Waals surface area contributed by atoms with E-state index in [2.05, 4.69) is 45.0 Å². The Morgan fingerprint density at radius 1 is 1.36 bits per heavy atom. The largest absolute Gasteiger partial charge is 0.377 e. The molecule has 7 nitrogen and oxygen atoms in total. The number of nitrogens with zero attached hydrogens (tertiary/aromatic N) is 5. The number of H-pyrrole nitrogens is 1. The molecule has 1 saturated heterocycles. The third-order valence-corrected chi connectivity index (χ3v) is 5.03. The Morgan fingerprint density at radius 3 is 3.00 bits per heavy atom. The Bertz CT molecular complexity index is 1020. The Balaban J connectivity index is 1.96. The number of allylic oxidation sites excluding steroid dienone is 2. The van der Waals surface area contributed by atoms with Crippen molar-refractivity contribution >= 4 is 28.5 Å². The maximum absolute atomic E-state index is 5.61. The van der Waals surface area contributed by atoms with Gasteiger partial charge in [-0.25, -0.2) is 4.98 Å². The predicted molar refractivity (Wildman–Crippen MR) is 113 cm³/mol. The van der Waals surface area contributed by atoms with Gasteiger partial charge in [0.1, 0.15) is 17.0 Å². The van der Waals surface area contributed by atoms with Crippen LogP contribution in [0, 0.1) is 0 Å². The summed E-state index contributed by atoms with van der Waals surface area (Å²) in [5.41, 5.74) is 4.77. The zero-order valence-electron chi connectivity index (χ0n) is 16.4. The molecule has 3 aromatic rings. The number of fused-ring (bicyclic) bond motifs is 1. The van der Waals surface area contributed by atoms with Crippen molar-refractivity contribution in [1.29, 1.82) is 0 Å². The molecule has 0 bridgehead atoms. The lowest BCUT2D eigenvalue weighted by atomic mass is 10.0. The number of hydrogen-bond donors (Lipinski definition) is 1. The lowest BCUT2D eigenvalue weighted by molar-refractivity contribution is 0.0986. The molecule has 0 aliphatic carbocycles. The quantitative estimate of drug-likeness (QED) is 0.707. The molecule has 0 spiro atoms. The number of anilines is 1. The van der Waals surface area contributed by atoms with Gasteiger partial charge in [-0.15, -0.1) is 0 Å². The third kappa shape index (κ3) is 3.41. The molecule has 1 aliphatic heterocycles. The summed E-state index contributed by atoms with van der Waals surface area (Å²) in [5.74, 6) is 0.938. The van der Waals surface area contributed by atoms with Crippen LogP contribution >= 0.6 is 0 Å². The summed E-state index contributed by atoms with van der Waals surface area (Å²) in [6.07, 6.45) is 7.39. The molecule has 4 heterocycles. The second-order valence-electron chi connectivity index (χ2n) is 6.93. The number of hydrogen-bond acceptors (Lipinski definition) is 6. The monoisotopic (exact) mass is 376 g/mol. The number of rotatable bonds is 4. The van der Waals surface area contributed by atoms with E-state index in [9.17, 15) is 0 Å². The normalized spacial score (nSPS) is 18.3. The van der Waals surface area contributed by atoms with Crippen LogP contribution in [0.5, 0.6) is 0 Å². The summed E-state index contributed by atoms with van der Waals surface area (Å²) in [5, 5.41) is 8.15. The summed E-state index contributed by atoms with van der Waals surface area (Å²) >= 11 is 0. The fourth-order valence-corrected chi connectivity index (χ4v) is 3.54. The van der Waals surface area contributed by atoms with E-state index in [0.717, 1.165) is 45.8 Å². The molecule has 3 aromatic heterocycles. The lowest BCUT2D eigenvalue weighted by Crippen LogP contribution is -2.44. The maximum atomic E-state index is 5.61.